The summed E-state index contributed by atoms with van der Waals surface area (Å²) in [7, 11) is 0.441. The number of nitrogens with one attached hydrogen (secondary N) is 1. The highest BCUT2D eigenvalue weighted by atomic mass is 31.2. The maximum absolute atomic E-state index is 10.7. The van der Waals surface area contributed by atoms with E-state index in [-0.39, 0.29) is 14.6 Å². The van der Waals surface area contributed by atoms with Crippen molar-refractivity contribution in [2.24, 2.45) is 4.95 Å². The van der Waals surface area contributed by atoms with Crippen molar-refractivity contribution in [3.63, 3.8) is 0 Å². The van der Waals surface area contributed by atoms with Crippen LogP contribution in [0.5, 0.6) is 0 Å². The summed E-state index contributed by atoms with van der Waals surface area (Å²) in [6.45, 7) is 0.427. The van der Waals surface area contributed by atoms with Crippen LogP contribution < -0.4 is 11.2 Å². The maximum atomic E-state index is 10.7. The minimum absolute atomic E-state index is 0.131. The predicted molar refractivity (Wildman–Crippen MR) is 97.1 cm³/mol. The lowest BCUT2D eigenvalue weighted by Gasteiger charge is -2.35. The molecule has 2 atom stereocenters. The Bertz CT molecular complexity index is 591. The number of quaternary nitrogens is 1. The van der Waals surface area contributed by atoms with Gasteiger partial charge in [0.05, 0.1) is 19.8 Å². The van der Waals surface area contributed by atoms with Crippen LogP contribution in [0.3, 0.4) is 0 Å². The molecule has 2 unspecified atom stereocenters. The third-order valence-electron chi connectivity index (χ3n) is 3.31. The van der Waals surface area contributed by atoms with Crippen molar-refractivity contribution in [3.8, 4) is 0 Å². The van der Waals surface area contributed by atoms with Gasteiger partial charge in [-0.15, -0.1) is 4.91 Å². The Morgan fingerprint density at radius 1 is 1.45 bits per heavy atom. The molecular formula is C13H23N4O3P2+. The van der Waals surface area contributed by atoms with E-state index in [4.69, 9.17) is 5.73 Å². The lowest BCUT2D eigenvalue weighted by Crippen LogP contribution is -2.47. The fourth-order valence-corrected chi connectivity index (χ4v) is 3.69. The van der Waals surface area contributed by atoms with Gasteiger partial charge in [-0.3, -0.25) is 0 Å². The summed E-state index contributed by atoms with van der Waals surface area (Å²) in [6.07, 6.45) is 7.08. The standard InChI is InChI=1S/C13H23N4O3P2/c1-17(2,15-12-7-5-11(14)6-8-12)10-9-13(18,21-3)22(4,20)16-19/h5-8,15,18,20H,3-4,9-10,14H2,1-2H3/q+1. The third-order valence-corrected chi connectivity index (χ3v) is 7.07. The summed E-state index contributed by atoms with van der Waals surface area (Å²) in [5.41, 5.74) is 10.4. The van der Waals surface area contributed by atoms with Crippen molar-refractivity contribution in [3.05, 3.63) is 29.2 Å². The van der Waals surface area contributed by atoms with E-state index in [1.54, 1.807) is 12.1 Å². The molecule has 0 radical (unpaired) electrons. The first kappa shape index (κ1) is 18.8. The summed E-state index contributed by atoms with van der Waals surface area (Å²) >= 11 is 0. The minimum Gasteiger partial charge on any atom is -0.399 e. The van der Waals surface area contributed by atoms with Crippen molar-refractivity contribution in [2.75, 3.05) is 31.8 Å². The Morgan fingerprint density at radius 2 is 2.00 bits per heavy atom. The molecule has 7 nitrogen and oxygen atoms in total. The summed E-state index contributed by atoms with van der Waals surface area (Å²) in [5, 5.41) is 8.73. The van der Waals surface area contributed by atoms with Crippen LogP contribution in [-0.2, 0) is 0 Å². The zero-order valence-corrected chi connectivity index (χ0v) is 14.6. The Kier molecular flexibility index (Phi) is 5.90. The molecule has 122 valence electrons. The van der Waals surface area contributed by atoms with Gasteiger partial charge in [-0.2, -0.15) is 0 Å². The quantitative estimate of drug-likeness (QED) is 0.190. The Labute approximate surface area is 132 Å². The van der Waals surface area contributed by atoms with Gasteiger partial charge in [-0.1, -0.05) is 14.5 Å². The van der Waals surface area contributed by atoms with Gasteiger partial charge in [0, 0.05) is 12.1 Å². The number of benzene rings is 1. The van der Waals surface area contributed by atoms with Gasteiger partial charge >= 0.3 is 0 Å². The zero-order valence-electron chi connectivity index (χ0n) is 12.8. The van der Waals surface area contributed by atoms with Crippen LogP contribution in [0.15, 0.2) is 29.2 Å². The second-order valence-electron chi connectivity index (χ2n) is 5.64. The van der Waals surface area contributed by atoms with Gasteiger partial charge in [0.2, 0.25) is 0 Å². The SMILES string of the molecule is C=PC(O)(CC[N+](C)(C)Nc1ccc(N)cc1)P(=C)(O)N=O. The third kappa shape index (κ3) is 4.63. The molecule has 1 rings (SSSR count). The number of nitrogen functional groups attached to an aromatic ring is 1. The molecule has 1 aromatic rings. The van der Waals surface area contributed by atoms with E-state index in [1.165, 1.54) is 0 Å². The molecule has 0 bridgehead atoms. The molecular weight excluding hydrogens is 322 g/mol. The van der Waals surface area contributed by atoms with E-state index in [0.29, 0.717) is 16.8 Å². The van der Waals surface area contributed by atoms with Gasteiger partial charge in [0.25, 0.3) is 0 Å². The van der Waals surface area contributed by atoms with Crippen LogP contribution in [0.25, 0.3) is 0 Å². The molecule has 0 heterocycles. The molecule has 1 aromatic carbocycles. The van der Waals surface area contributed by atoms with Gasteiger partial charge in [0.15, 0.2) is 12.3 Å². The lowest BCUT2D eigenvalue weighted by atomic mass is 10.3. The largest absolute Gasteiger partial charge is 0.399 e. The molecule has 0 aliphatic carbocycles. The van der Waals surface area contributed by atoms with Crippen molar-refractivity contribution in [1.29, 1.82) is 0 Å². The number of rotatable bonds is 8. The van der Waals surface area contributed by atoms with E-state index in [1.807, 2.05) is 26.2 Å². The summed E-state index contributed by atoms with van der Waals surface area (Å²) in [5.74, 6) is 0. The second kappa shape index (κ2) is 6.90. The molecule has 0 aliphatic heterocycles. The summed E-state index contributed by atoms with van der Waals surface area (Å²) in [4.78, 5) is 23.3. The summed E-state index contributed by atoms with van der Waals surface area (Å²) < 4.78 is 0.320. The van der Waals surface area contributed by atoms with Crippen LogP contribution in [0.2, 0.25) is 0 Å². The molecule has 0 saturated carbocycles. The molecule has 5 N–H and O–H groups in total. The normalized spacial score (nSPS) is 17.5. The average Bonchev–Trinajstić information content (AvgIpc) is 2.47. The first-order chi connectivity index (χ1) is 10.1. The number of nitroso groups, excluding NO2 is 1. The van der Waals surface area contributed by atoms with Crippen molar-refractivity contribution >= 4 is 39.4 Å². The number of hydrogen-bond donors (Lipinski definition) is 4. The molecule has 9 heteroatoms. The fourth-order valence-electron chi connectivity index (χ4n) is 1.83. The van der Waals surface area contributed by atoms with Crippen LogP contribution in [0, 0.1) is 4.91 Å². The first-order valence-corrected chi connectivity index (χ1v) is 9.49. The Morgan fingerprint density at radius 3 is 2.45 bits per heavy atom. The average molecular weight is 345 g/mol. The van der Waals surface area contributed by atoms with Gasteiger partial charge in [-0.25, -0.2) is 10.0 Å². The van der Waals surface area contributed by atoms with E-state index in [2.05, 4.69) is 23.0 Å². The van der Waals surface area contributed by atoms with Crippen LogP contribution in [-0.4, -0.2) is 52.9 Å². The second-order valence-corrected chi connectivity index (χ2v) is 9.41. The predicted octanol–water partition coefficient (Wildman–Crippen LogP) is 2.12. The Hall–Kier alpha value is -1.23. The number of nitrogens with zero attached hydrogens (tertiary/aromatic N) is 2. The van der Waals surface area contributed by atoms with Crippen molar-refractivity contribution in [1.82, 2.24) is 0 Å². The summed E-state index contributed by atoms with van der Waals surface area (Å²) in [6, 6.07) is 7.26. The van der Waals surface area contributed by atoms with Gasteiger partial charge in [-0.05, 0) is 35.5 Å². The molecule has 0 fully saturated rings. The van der Waals surface area contributed by atoms with E-state index in [9.17, 15) is 14.9 Å². The van der Waals surface area contributed by atoms with Crippen LogP contribution in [0.1, 0.15) is 6.42 Å². The highest BCUT2D eigenvalue weighted by molar-refractivity contribution is 7.76. The minimum atomic E-state index is -3.57. The molecule has 0 saturated heterocycles. The smallest absolute Gasteiger partial charge is 0.187 e. The maximum Gasteiger partial charge on any atom is 0.187 e. The number of aliphatic hydroxyl groups is 1. The van der Waals surface area contributed by atoms with E-state index in [0.717, 1.165) is 5.69 Å². The molecule has 0 aliphatic rings. The monoisotopic (exact) mass is 345 g/mol. The highest BCUT2D eigenvalue weighted by Gasteiger charge is 2.41. The molecule has 0 amide bonds. The number of hydrogen-bond acceptors (Lipinski definition) is 6. The first-order valence-electron chi connectivity index (χ1n) is 6.53. The number of nitrogens with two attached hydrogens (primary N) is 1. The topological polar surface area (TPSA) is 108 Å². The highest BCUT2D eigenvalue weighted by Crippen LogP contribution is 2.60. The van der Waals surface area contributed by atoms with Gasteiger partial charge in [0.1, 0.15) is 6.54 Å². The number of anilines is 2. The molecule has 0 aromatic heterocycles. The van der Waals surface area contributed by atoms with Crippen molar-refractivity contribution < 1.29 is 14.6 Å². The van der Waals surface area contributed by atoms with Crippen LogP contribution in [0.4, 0.5) is 11.4 Å². The lowest BCUT2D eigenvalue weighted by molar-refractivity contribution is -0.869. The van der Waals surface area contributed by atoms with E-state index >= 15 is 0 Å². The molecule has 0 spiro atoms. The van der Waals surface area contributed by atoms with Gasteiger partial charge < -0.3 is 15.7 Å². The van der Waals surface area contributed by atoms with E-state index < -0.39 is 12.3 Å². The van der Waals surface area contributed by atoms with Crippen molar-refractivity contribution in [2.45, 2.75) is 11.5 Å². The van der Waals surface area contributed by atoms with Crippen LogP contribution >= 0.6 is 15.5 Å². The zero-order chi connectivity index (χ0) is 17.0. The fraction of sp³-hybridized carbons (Fsp3) is 0.385. The Balaban J connectivity index is 2.79. The molecule has 22 heavy (non-hydrogen) atoms.